The van der Waals surface area contributed by atoms with Gasteiger partial charge in [-0.15, -0.1) is 0 Å². The van der Waals surface area contributed by atoms with Crippen LogP contribution in [0.3, 0.4) is 0 Å². The monoisotopic (exact) mass is 572 g/mol. The van der Waals surface area contributed by atoms with Crippen molar-refractivity contribution in [3.63, 3.8) is 0 Å². The number of benzene rings is 2. The SMILES string of the molecule is COc1ccc(C2(CCN(Cc3ccc(OC4CCC(C(=O)O)CC4)cc3)c3ccccn3)CCOC(C)(C)C2)cc1. The first-order valence-electron chi connectivity index (χ1n) is 15.2. The van der Waals surface area contributed by atoms with E-state index in [-0.39, 0.29) is 23.0 Å². The number of aromatic nitrogens is 1. The molecule has 1 saturated carbocycles. The van der Waals surface area contributed by atoms with Gasteiger partial charge in [0.15, 0.2) is 0 Å². The quantitative estimate of drug-likeness (QED) is 0.264. The molecule has 2 heterocycles. The van der Waals surface area contributed by atoms with Crippen molar-refractivity contribution in [3.05, 3.63) is 84.1 Å². The number of anilines is 1. The second kappa shape index (κ2) is 13.2. The molecule has 1 atom stereocenters. The first-order chi connectivity index (χ1) is 20.2. The molecule has 2 aromatic carbocycles. The van der Waals surface area contributed by atoms with Crippen molar-refractivity contribution in [2.24, 2.45) is 5.92 Å². The average Bonchev–Trinajstić information content (AvgIpc) is 3.00. The summed E-state index contributed by atoms with van der Waals surface area (Å²) in [4.78, 5) is 18.4. The molecular weight excluding hydrogens is 528 g/mol. The number of carboxylic acids is 1. The smallest absolute Gasteiger partial charge is 0.306 e. The molecule has 1 aliphatic carbocycles. The molecular formula is C35H44N2O5. The van der Waals surface area contributed by atoms with Crippen molar-refractivity contribution in [1.82, 2.24) is 4.98 Å². The van der Waals surface area contributed by atoms with Crippen LogP contribution in [0.15, 0.2) is 72.9 Å². The van der Waals surface area contributed by atoms with Gasteiger partial charge in [-0.1, -0.05) is 30.3 Å². The lowest BCUT2D eigenvalue weighted by Gasteiger charge is -2.46. The Morgan fingerprint density at radius 3 is 2.33 bits per heavy atom. The van der Waals surface area contributed by atoms with E-state index in [2.05, 4.69) is 61.2 Å². The third kappa shape index (κ3) is 7.43. The van der Waals surface area contributed by atoms with Crippen molar-refractivity contribution in [1.29, 1.82) is 0 Å². The third-order valence-electron chi connectivity index (χ3n) is 9.00. The van der Waals surface area contributed by atoms with Crippen LogP contribution in [0.4, 0.5) is 5.82 Å². The Labute approximate surface area is 249 Å². The number of carbonyl (C=O) groups is 1. The summed E-state index contributed by atoms with van der Waals surface area (Å²) in [7, 11) is 1.71. The Morgan fingerprint density at radius 2 is 1.71 bits per heavy atom. The van der Waals surface area contributed by atoms with Crippen LogP contribution in [-0.2, 0) is 21.5 Å². The van der Waals surface area contributed by atoms with E-state index in [1.54, 1.807) is 7.11 Å². The number of aliphatic carboxylic acids is 1. The summed E-state index contributed by atoms with van der Waals surface area (Å²) in [6.07, 6.45) is 7.75. The van der Waals surface area contributed by atoms with Gasteiger partial charge >= 0.3 is 5.97 Å². The van der Waals surface area contributed by atoms with Crippen LogP contribution < -0.4 is 14.4 Å². The highest BCUT2D eigenvalue weighted by Crippen LogP contribution is 2.44. The standard InChI is InChI=1S/C35H44N2O5/c1-34(2)25-35(20-23-41-34,28-11-17-29(40-3)18-12-28)19-22-37(32-6-4-5-21-36-32)24-26-7-13-30(14-8-26)42-31-15-9-27(10-16-31)33(38)39/h4-8,11-14,17-18,21,27,31H,9-10,15-16,19-20,22-25H2,1-3H3,(H,38,39). The molecule has 0 radical (unpaired) electrons. The Balaban J connectivity index is 1.30. The summed E-state index contributed by atoms with van der Waals surface area (Å²) in [5, 5.41) is 9.27. The molecule has 5 rings (SSSR count). The highest BCUT2D eigenvalue weighted by Gasteiger charge is 2.42. The van der Waals surface area contributed by atoms with Gasteiger partial charge in [-0.05, 0) is 106 Å². The minimum Gasteiger partial charge on any atom is -0.497 e. The minimum atomic E-state index is -0.689. The molecule has 1 saturated heterocycles. The van der Waals surface area contributed by atoms with Gasteiger partial charge in [-0.2, -0.15) is 0 Å². The van der Waals surface area contributed by atoms with Crippen LogP contribution in [-0.4, -0.2) is 48.0 Å². The maximum Gasteiger partial charge on any atom is 0.306 e. The van der Waals surface area contributed by atoms with Gasteiger partial charge in [0, 0.05) is 31.3 Å². The van der Waals surface area contributed by atoms with E-state index < -0.39 is 5.97 Å². The molecule has 2 fully saturated rings. The highest BCUT2D eigenvalue weighted by atomic mass is 16.5. The molecule has 2 aliphatic rings. The van der Waals surface area contributed by atoms with Gasteiger partial charge in [-0.3, -0.25) is 4.79 Å². The second-order valence-corrected chi connectivity index (χ2v) is 12.5. The van der Waals surface area contributed by atoms with Crippen molar-refractivity contribution in [2.45, 2.75) is 82.5 Å². The first-order valence-corrected chi connectivity index (χ1v) is 15.2. The van der Waals surface area contributed by atoms with Crippen LogP contribution >= 0.6 is 0 Å². The van der Waals surface area contributed by atoms with Crippen LogP contribution in [0.2, 0.25) is 0 Å². The Bertz CT molecular complexity index is 1290. The zero-order chi connectivity index (χ0) is 29.6. The number of pyridine rings is 1. The third-order valence-corrected chi connectivity index (χ3v) is 9.00. The Hall–Kier alpha value is -3.58. The molecule has 1 unspecified atom stereocenters. The minimum absolute atomic E-state index is 0.0155. The summed E-state index contributed by atoms with van der Waals surface area (Å²) >= 11 is 0. The van der Waals surface area contributed by atoms with E-state index in [4.69, 9.17) is 19.2 Å². The zero-order valence-corrected chi connectivity index (χ0v) is 25.1. The van der Waals surface area contributed by atoms with Crippen LogP contribution in [0.25, 0.3) is 0 Å². The van der Waals surface area contributed by atoms with Crippen molar-refractivity contribution < 1.29 is 24.1 Å². The molecule has 0 amide bonds. The number of rotatable bonds is 11. The zero-order valence-electron chi connectivity index (χ0n) is 25.1. The van der Waals surface area contributed by atoms with Gasteiger partial charge < -0.3 is 24.2 Å². The van der Waals surface area contributed by atoms with E-state index in [9.17, 15) is 9.90 Å². The van der Waals surface area contributed by atoms with Gasteiger partial charge in [0.2, 0.25) is 0 Å². The van der Waals surface area contributed by atoms with Crippen LogP contribution in [0.5, 0.6) is 11.5 Å². The number of hydrogen-bond acceptors (Lipinski definition) is 6. The topological polar surface area (TPSA) is 81.1 Å². The number of hydrogen-bond donors (Lipinski definition) is 1. The lowest BCUT2D eigenvalue weighted by Crippen LogP contribution is -2.45. The van der Waals surface area contributed by atoms with Crippen LogP contribution in [0, 0.1) is 5.92 Å². The summed E-state index contributed by atoms with van der Waals surface area (Å²) in [5.41, 5.74) is 2.31. The van der Waals surface area contributed by atoms with E-state index in [0.717, 1.165) is 69.1 Å². The van der Waals surface area contributed by atoms with Crippen LogP contribution in [0.1, 0.15) is 69.9 Å². The normalized spacial score (nSPS) is 23.6. The molecule has 1 aliphatic heterocycles. The predicted molar refractivity (Wildman–Crippen MR) is 164 cm³/mol. The Morgan fingerprint density at radius 1 is 1.00 bits per heavy atom. The lowest BCUT2D eigenvalue weighted by molar-refractivity contribution is -0.143. The van der Waals surface area contributed by atoms with Crippen molar-refractivity contribution in [3.8, 4) is 11.5 Å². The van der Waals surface area contributed by atoms with E-state index in [1.807, 2.05) is 30.5 Å². The second-order valence-electron chi connectivity index (χ2n) is 12.5. The molecule has 0 bridgehead atoms. The molecule has 1 aromatic heterocycles. The fraction of sp³-hybridized carbons (Fsp3) is 0.486. The number of ether oxygens (including phenoxy) is 3. The van der Waals surface area contributed by atoms with Gasteiger partial charge in [-0.25, -0.2) is 4.98 Å². The summed E-state index contributed by atoms with van der Waals surface area (Å²) in [5.74, 6) is 1.75. The van der Waals surface area contributed by atoms with Gasteiger partial charge in [0.1, 0.15) is 17.3 Å². The number of nitrogens with zero attached hydrogens (tertiary/aromatic N) is 2. The predicted octanol–water partition coefficient (Wildman–Crippen LogP) is 7.04. The van der Waals surface area contributed by atoms with Gasteiger partial charge in [0.25, 0.3) is 0 Å². The average molecular weight is 573 g/mol. The van der Waals surface area contributed by atoms with Crippen molar-refractivity contribution >= 4 is 11.8 Å². The maximum absolute atomic E-state index is 11.3. The molecule has 7 nitrogen and oxygen atoms in total. The molecule has 1 N–H and O–H groups in total. The van der Waals surface area contributed by atoms with E-state index in [1.165, 1.54) is 11.1 Å². The highest BCUT2D eigenvalue weighted by molar-refractivity contribution is 5.70. The number of carboxylic acid groups (broad SMARTS) is 1. The molecule has 0 spiro atoms. The molecule has 224 valence electrons. The summed E-state index contributed by atoms with van der Waals surface area (Å²) in [6.45, 7) is 6.72. The van der Waals surface area contributed by atoms with Gasteiger partial charge in [0.05, 0.1) is 24.7 Å². The molecule has 42 heavy (non-hydrogen) atoms. The maximum atomic E-state index is 11.3. The summed E-state index contributed by atoms with van der Waals surface area (Å²) in [6, 6.07) is 23.0. The van der Waals surface area contributed by atoms with E-state index in [0.29, 0.717) is 12.8 Å². The fourth-order valence-corrected chi connectivity index (χ4v) is 6.70. The van der Waals surface area contributed by atoms with Crippen molar-refractivity contribution in [2.75, 3.05) is 25.2 Å². The largest absolute Gasteiger partial charge is 0.497 e. The Kier molecular flexibility index (Phi) is 9.37. The van der Waals surface area contributed by atoms with E-state index >= 15 is 0 Å². The first kappa shape index (κ1) is 29.9. The lowest BCUT2D eigenvalue weighted by atomic mass is 9.67. The molecule has 3 aromatic rings. The summed E-state index contributed by atoms with van der Waals surface area (Å²) < 4.78 is 17.8. The number of methoxy groups -OCH3 is 1. The fourth-order valence-electron chi connectivity index (χ4n) is 6.70. The molecule has 7 heteroatoms.